The number of halogens is 5. The van der Waals surface area contributed by atoms with Crippen molar-refractivity contribution in [2.24, 2.45) is 0 Å². The molecule has 112 valence electrons. The van der Waals surface area contributed by atoms with E-state index >= 15 is 0 Å². The summed E-state index contributed by atoms with van der Waals surface area (Å²) in [5, 5.41) is 3.04. The van der Waals surface area contributed by atoms with Crippen molar-refractivity contribution in [3.63, 3.8) is 0 Å². The lowest BCUT2D eigenvalue weighted by molar-refractivity contribution is 0.431. The van der Waals surface area contributed by atoms with Crippen molar-refractivity contribution in [3.8, 4) is 0 Å². The van der Waals surface area contributed by atoms with Crippen LogP contribution in [-0.4, -0.2) is 6.54 Å². The van der Waals surface area contributed by atoms with Crippen molar-refractivity contribution < 1.29 is 17.6 Å². The van der Waals surface area contributed by atoms with Crippen LogP contribution >= 0.6 is 11.6 Å². The minimum absolute atomic E-state index is 0.103. The van der Waals surface area contributed by atoms with Gasteiger partial charge < -0.3 is 5.32 Å². The topological polar surface area (TPSA) is 12.0 Å². The van der Waals surface area contributed by atoms with Crippen LogP contribution < -0.4 is 5.32 Å². The molecule has 0 saturated carbocycles. The van der Waals surface area contributed by atoms with Crippen LogP contribution in [0, 0.1) is 23.3 Å². The first-order valence-electron chi connectivity index (χ1n) is 6.27. The van der Waals surface area contributed by atoms with Gasteiger partial charge in [0.25, 0.3) is 0 Å². The van der Waals surface area contributed by atoms with E-state index in [0.717, 1.165) is 18.2 Å². The molecule has 0 aromatic heterocycles. The maximum absolute atomic E-state index is 14.0. The number of rotatable bonds is 4. The second-order valence-electron chi connectivity index (χ2n) is 4.42. The van der Waals surface area contributed by atoms with Gasteiger partial charge in [0.2, 0.25) is 0 Å². The Morgan fingerprint density at radius 3 is 2.24 bits per heavy atom. The van der Waals surface area contributed by atoms with Gasteiger partial charge in [-0.1, -0.05) is 30.7 Å². The molecule has 1 nitrogen and oxygen atoms in total. The van der Waals surface area contributed by atoms with E-state index in [1.165, 1.54) is 12.1 Å². The molecule has 0 aliphatic heterocycles. The Morgan fingerprint density at radius 2 is 1.62 bits per heavy atom. The molecular formula is C15H12ClF4N. The number of hydrogen-bond acceptors (Lipinski definition) is 1. The fourth-order valence-electron chi connectivity index (χ4n) is 2.09. The van der Waals surface area contributed by atoms with Gasteiger partial charge in [0.1, 0.15) is 5.82 Å². The van der Waals surface area contributed by atoms with E-state index in [1.807, 2.05) is 0 Å². The second-order valence-corrected chi connectivity index (χ2v) is 4.86. The lowest BCUT2D eigenvalue weighted by atomic mass is 9.97. The maximum Gasteiger partial charge on any atom is 0.194 e. The van der Waals surface area contributed by atoms with Crippen LogP contribution in [-0.2, 0) is 0 Å². The Balaban J connectivity index is 2.56. The zero-order chi connectivity index (χ0) is 15.6. The van der Waals surface area contributed by atoms with Gasteiger partial charge in [0.15, 0.2) is 17.5 Å². The molecule has 6 heteroatoms. The van der Waals surface area contributed by atoms with Crippen molar-refractivity contribution in [2.45, 2.75) is 13.0 Å². The Morgan fingerprint density at radius 1 is 0.952 bits per heavy atom. The zero-order valence-corrected chi connectivity index (χ0v) is 11.8. The Bertz CT molecular complexity index is 660. The number of nitrogens with one attached hydrogen (secondary N) is 1. The zero-order valence-electron chi connectivity index (χ0n) is 11.1. The fourth-order valence-corrected chi connectivity index (χ4v) is 2.25. The summed E-state index contributed by atoms with van der Waals surface area (Å²) in [6, 6.07) is 4.87. The molecule has 0 bridgehead atoms. The normalized spacial score (nSPS) is 12.5. The molecule has 0 aliphatic carbocycles. The van der Waals surface area contributed by atoms with Crippen LogP contribution in [0.15, 0.2) is 30.3 Å². The van der Waals surface area contributed by atoms with Crippen molar-refractivity contribution in [2.75, 3.05) is 6.54 Å². The lowest BCUT2D eigenvalue weighted by Gasteiger charge is -2.20. The van der Waals surface area contributed by atoms with Crippen molar-refractivity contribution in [1.29, 1.82) is 0 Å². The van der Waals surface area contributed by atoms with Crippen molar-refractivity contribution in [3.05, 3.63) is 69.8 Å². The highest BCUT2D eigenvalue weighted by molar-refractivity contribution is 6.30. The van der Waals surface area contributed by atoms with E-state index in [2.05, 4.69) is 5.32 Å². The third-order valence-electron chi connectivity index (χ3n) is 3.06. The Labute approximate surface area is 124 Å². The second kappa shape index (κ2) is 6.45. The average molecular weight is 318 g/mol. The summed E-state index contributed by atoms with van der Waals surface area (Å²) < 4.78 is 54.3. The largest absolute Gasteiger partial charge is 0.306 e. The maximum atomic E-state index is 14.0. The van der Waals surface area contributed by atoms with Crippen LogP contribution in [0.4, 0.5) is 17.6 Å². The molecule has 2 rings (SSSR count). The van der Waals surface area contributed by atoms with Crippen LogP contribution in [0.5, 0.6) is 0 Å². The van der Waals surface area contributed by atoms with E-state index in [1.54, 1.807) is 6.92 Å². The molecule has 0 spiro atoms. The molecular weight excluding hydrogens is 306 g/mol. The molecule has 0 amide bonds. The summed E-state index contributed by atoms with van der Waals surface area (Å²) in [6.45, 7) is 2.11. The highest BCUT2D eigenvalue weighted by atomic mass is 35.5. The smallest absolute Gasteiger partial charge is 0.194 e. The van der Waals surface area contributed by atoms with Gasteiger partial charge in [0.05, 0.1) is 6.04 Å². The summed E-state index contributed by atoms with van der Waals surface area (Å²) in [5.41, 5.74) is -0.0665. The highest BCUT2D eigenvalue weighted by Gasteiger charge is 2.24. The van der Waals surface area contributed by atoms with E-state index in [0.29, 0.717) is 6.54 Å². The summed E-state index contributed by atoms with van der Waals surface area (Å²) >= 11 is 5.68. The van der Waals surface area contributed by atoms with Gasteiger partial charge in [0, 0.05) is 16.1 Å². The van der Waals surface area contributed by atoms with Crippen LogP contribution in [0.2, 0.25) is 5.02 Å². The summed E-state index contributed by atoms with van der Waals surface area (Å²) in [6.07, 6.45) is 0. The van der Waals surface area contributed by atoms with E-state index in [9.17, 15) is 17.6 Å². The van der Waals surface area contributed by atoms with Gasteiger partial charge in [-0.3, -0.25) is 0 Å². The van der Waals surface area contributed by atoms with E-state index < -0.39 is 29.3 Å². The average Bonchev–Trinajstić information content (AvgIpc) is 2.44. The quantitative estimate of drug-likeness (QED) is 0.642. The SMILES string of the molecule is CCNC(c1ccc(Cl)cc1F)c1ccc(F)c(F)c1F. The molecule has 0 radical (unpaired) electrons. The Kier molecular flexibility index (Phi) is 4.85. The minimum Gasteiger partial charge on any atom is -0.306 e. The standard InChI is InChI=1S/C15H12ClF4N/c1-2-21-15(9-4-3-8(16)7-12(9)18)10-5-6-11(17)14(20)13(10)19/h3-7,15,21H,2H2,1H3. The van der Waals surface area contributed by atoms with Crippen LogP contribution in [0.25, 0.3) is 0 Å². The molecule has 0 aliphatic rings. The van der Waals surface area contributed by atoms with Gasteiger partial charge in [-0.25, -0.2) is 17.6 Å². The Hall–Kier alpha value is -1.59. The van der Waals surface area contributed by atoms with Gasteiger partial charge in [-0.2, -0.15) is 0 Å². The molecule has 1 unspecified atom stereocenters. The first kappa shape index (κ1) is 15.8. The van der Waals surface area contributed by atoms with E-state index in [4.69, 9.17) is 11.6 Å². The molecule has 1 N–H and O–H groups in total. The number of benzene rings is 2. The predicted molar refractivity (Wildman–Crippen MR) is 73.2 cm³/mol. The number of hydrogen-bond donors (Lipinski definition) is 1. The van der Waals surface area contributed by atoms with Crippen LogP contribution in [0.1, 0.15) is 24.1 Å². The van der Waals surface area contributed by atoms with Crippen LogP contribution in [0.3, 0.4) is 0 Å². The van der Waals surface area contributed by atoms with E-state index in [-0.39, 0.29) is 16.1 Å². The molecule has 0 saturated heterocycles. The predicted octanol–water partition coefficient (Wildman–Crippen LogP) is 4.60. The van der Waals surface area contributed by atoms with Crippen molar-refractivity contribution in [1.82, 2.24) is 5.32 Å². The highest BCUT2D eigenvalue weighted by Crippen LogP contribution is 2.29. The fraction of sp³-hybridized carbons (Fsp3) is 0.200. The minimum atomic E-state index is -1.58. The third kappa shape index (κ3) is 3.19. The molecule has 1 atom stereocenters. The summed E-state index contributed by atoms with van der Waals surface area (Å²) in [5.74, 6) is -4.86. The molecule has 0 fully saturated rings. The van der Waals surface area contributed by atoms with Gasteiger partial charge >= 0.3 is 0 Å². The van der Waals surface area contributed by atoms with Gasteiger partial charge in [-0.15, -0.1) is 0 Å². The monoisotopic (exact) mass is 317 g/mol. The molecule has 0 heterocycles. The summed E-state index contributed by atoms with van der Waals surface area (Å²) in [7, 11) is 0. The van der Waals surface area contributed by atoms with Gasteiger partial charge in [-0.05, 0) is 24.7 Å². The molecule has 2 aromatic carbocycles. The lowest BCUT2D eigenvalue weighted by Crippen LogP contribution is -2.24. The van der Waals surface area contributed by atoms with Crippen molar-refractivity contribution >= 4 is 11.6 Å². The summed E-state index contributed by atoms with van der Waals surface area (Å²) in [4.78, 5) is 0. The molecule has 21 heavy (non-hydrogen) atoms. The molecule has 2 aromatic rings. The third-order valence-corrected chi connectivity index (χ3v) is 3.29. The first-order valence-corrected chi connectivity index (χ1v) is 6.65. The first-order chi connectivity index (χ1) is 9.95.